The zero-order valence-corrected chi connectivity index (χ0v) is 20.4. The van der Waals surface area contributed by atoms with Crippen molar-refractivity contribution < 1.29 is 4.79 Å². The second-order valence-corrected chi connectivity index (χ2v) is 8.50. The molecule has 0 aliphatic rings. The molecule has 0 aliphatic carbocycles. The van der Waals surface area contributed by atoms with E-state index in [1.54, 1.807) is 4.90 Å². The maximum absolute atomic E-state index is 14.0. The van der Waals surface area contributed by atoms with Crippen LogP contribution < -0.4 is 9.80 Å². The van der Waals surface area contributed by atoms with E-state index in [0.717, 1.165) is 28.2 Å². The molecule has 4 heteroatoms. The van der Waals surface area contributed by atoms with Crippen LogP contribution in [0.4, 0.5) is 21.9 Å². The van der Waals surface area contributed by atoms with Crippen molar-refractivity contribution in [1.29, 1.82) is 0 Å². The molecule has 0 bridgehead atoms. The Kier molecular flexibility index (Phi) is 7.48. The molecular weight excluding hydrogens is 454 g/mol. The van der Waals surface area contributed by atoms with Crippen molar-refractivity contribution in [2.45, 2.75) is 6.54 Å². The highest BCUT2D eigenvalue weighted by Gasteiger charge is 2.22. The molecule has 0 spiro atoms. The number of rotatable bonds is 6. The van der Waals surface area contributed by atoms with E-state index < -0.39 is 0 Å². The molecule has 0 fully saturated rings. The van der Waals surface area contributed by atoms with E-state index in [0.29, 0.717) is 12.4 Å². The van der Waals surface area contributed by atoms with E-state index in [-0.39, 0.29) is 6.03 Å². The Morgan fingerprint density at radius 2 is 0.919 bits per heavy atom. The summed E-state index contributed by atoms with van der Waals surface area (Å²) in [6.07, 6.45) is 0. The molecule has 0 atom stereocenters. The first kappa shape index (κ1) is 23.8. The fourth-order valence-corrected chi connectivity index (χ4v) is 4.20. The van der Waals surface area contributed by atoms with Crippen LogP contribution >= 0.6 is 0 Å². The van der Waals surface area contributed by atoms with Gasteiger partial charge in [-0.05, 0) is 42.0 Å². The van der Waals surface area contributed by atoms with Crippen molar-refractivity contribution in [2.75, 3.05) is 9.80 Å². The topological polar surface area (TPSA) is 35.9 Å². The fraction of sp³-hybridized carbons (Fsp3) is 0.0303. The Labute approximate surface area is 217 Å². The van der Waals surface area contributed by atoms with Crippen molar-refractivity contribution >= 4 is 28.9 Å². The summed E-state index contributed by atoms with van der Waals surface area (Å²) >= 11 is 0. The van der Waals surface area contributed by atoms with Gasteiger partial charge in [-0.3, -0.25) is 4.90 Å². The maximum atomic E-state index is 14.0. The fourth-order valence-electron chi connectivity index (χ4n) is 4.20. The third-order valence-corrected chi connectivity index (χ3v) is 5.96. The average molecular weight is 482 g/mol. The Balaban J connectivity index is 1.65. The minimum atomic E-state index is -0.370. The average Bonchev–Trinajstić information content (AvgIpc) is 2.98. The number of para-hydroxylation sites is 3. The number of urea groups is 1. The molecule has 0 unspecified atom stereocenters. The van der Waals surface area contributed by atoms with Crippen molar-refractivity contribution in [3.63, 3.8) is 0 Å². The second-order valence-electron chi connectivity index (χ2n) is 8.50. The Morgan fingerprint density at radius 1 is 0.514 bits per heavy atom. The number of carbonyl (C=O) groups excluding carboxylic acids is 1. The lowest BCUT2D eigenvalue weighted by Crippen LogP contribution is -2.34. The number of nitrogens with zero attached hydrogens (tertiary/aromatic N) is 3. The number of amides is 2. The van der Waals surface area contributed by atoms with Crippen molar-refractivity contribution in [3.8, 4) is 0 Å². The first-order valence-corrected chi connectivity index (χ1v) is 12.2. The minimum absolute atomic E-state index is 0.370. The smallest absolute Gasteiger partial charge is 0.321 e. The highest BCUT2D eigenvalue weighted by atomic mass is 16.2. The summed E-state index contributed by atoms with van der Waals surface area (Å²) in [4.78, 5) is 22.6. The first-order chi connectivity index (χ1) is 18.3. The van der Waals surface area contributed by atoms with E-state index in [1.165, 1.54) is 0 Å². The molecular formula is C33H27N3O. The molecule has 2 amide bonds. The normalized spacial score (nSPS) is 11.1. The molecule has 0 heterocycles. The van der Waals surface area contributed by atoms with E-state index in [4.69, 9.17) is 4.99 Å². The van der Waals surface area contributed by atoms with Gasteiger partial charge in [-0.1, -0.05) is 115 Å². The zero-order valence-electron chi connectivity index (χ0n) is 20.4. The zero-order chi connectivity index (χ0) is 25.3. The quantitative estimate of drug-likeness (QED) is 0.181. The summed E-state index contributed by atoms with van der Waals surface area (Å²) < 4.78 is 0. The number of amidine groups is 1. The molecule has 0 aromatic heterocycles. The van der Waals surface area contributed by atoms with Crippen LogP contribution in [0.5, 0.6) is 0 Å². The number of anilines is 3. The largest absolute Gasteiger partial charge is 0.354 e. The van der Waals surface area contributed by atoms with Crippen LogP contribution in [-0.4, -0.2) is 11.9 Å². The Morgan fingerprint density at radius 3 is 1.41 bits per heavy atom. The van der Waals surface area contributed by atoms with Crippen LogP contribution in [0.15, 0.2) is 157 Å². The molecule has 0 radical (unpaired) electrons. The van der Waals surface area contributed by atoms with Gasteiger partial charge in [-0.15, -0.1) is 0 Å². The third-order valence-electron chi connectivity index (χ3n) is 5.96. The molecule has 4 nitrogen and oxygen atoms in total. The van der Waals surface area contributed by atoms with Crippen LogP contribution in [0.1, 0.15) is 11.1 Å². The molecule has 5 rings (SSSR count). The molecule has 180 valence electrons. The van der Waals surface area contributed by atoms with Crippen molar-refractivity contribution in [3.05, 3.63) is 163 Å². The summed E-state index contributed by atoms with van der Waals surface area (Å²) in [5.74, 6) is 0.581. The van der Waals surface area contributed by atoms with E-state index in [9.17, 15) is 4.79 Å². The predicted octanol–water partition coefficient (Wildman–Crippen LogP) is 8.10. The van der Waals surface area contributed by atoms with E-state index in [2.05, 4.69) is 17.0 Å². The highest BCUT2D eigenvalue weighted by Crippen LogP contribution is 2.27. The summed E-state index contributed by atoms with van der Waals surface area (Å²) in [7, 11) is 0. The first-order valence-electron chi connectivity index (χ1n) is 12.2. The standard InChI is InChI=1S/C33H27N3O/c37-33(36(30-22-12-4-13-23-30)31-24-14-5-15-25-31)34-32(28-18-8-2-9-19-28)35(29-20-10-3-11-21-29)26-27-16-6-1-7-17-27/h1-25H,26H2/b34-32+. The Hall–Kier alpha value is -4.96. The molecule has 37 heavy (non-hydrogen) atoms. The van der Waals surface area contributed by atoms with Gasteiger partial charge >= 0.3 is 6.03 Å². The van der Waals surface area contributed by atoms with Gasteiger partial charge in [0.15, 0.2) is 0 Å². The molecule has 0 N–H and O–H groups in total. The van der Waals surface area contributed by atoms with Gasteiger partial charge in [0, 0.05) is 17.8 Å². The number of aliphatic imine (C=N–C) groups is 1. The SMILES string of the molecule is O=C(/N=C(\c1ccccc1)N(Cc1ccccc1)c1ccccc1)N(c1ccccc1)c1ccccc1. The van der Waals surface area contributed by atoms with E-state index in [1.807, 2.05) is 140 Å². The molecule has 5 aromatic carbocycles. The van der Waals surface area contributed by atoms with Gasteiger partial charge < -0.3 is 4.90 Å². The maximum Gasteiger partial charge on any atom is 0.354 e. The predicted molar refractivity (Wildman–Crippen MR) is 152 cm³/mol. The summed E-state index contributed by atoms with van der Waals surface area (Å²) in [6, 6.07) is 49.0. The summed E-state index contributed by atoms with van der Waals surface area (Å²) in [5, 5.41) is 0. The van der Waals surface area contributed by atoms with Gasteiger partial charge in [0.2, 0.25) is 0 Å². The van der Waals surface area contributed by atoms with E-state index >= 15 is 0 Å². The van der Waals surface area contributed by atoms with Crippen LogP contribution in [0.2, 0.25) is 0 Å². The number of carbonyl (C=O) groups is 1. The lowest BCUT2D eigenvalue weighted by Gasteiger charge is -2.28. The van der Waals surface area contributed by atoms with Crippen LogP contribution in [0.25, 0.3) is 0 Å². The number of hydrogen-bond donors (Lipinski definition) is 0. The van der Waals surface area contributed by atoms with Gasteiger partial charge in [0.1, 0.15) is 5.84 Å². The summed E-state index contributed by atoms with van der Waals surface area (Å²) in [5.41, 5.74) is 4.43. The van der Waals surface area contributed by atoms with Crippen LogP contribution in [0.3, 0.4) is 0 Å². The third kappa shape index (κ3) is 5.82. The minimum Gasteiger partial charge on any atom is -0.321 e. The van der Waals surface area contributed by atoms with Gasteiger partial charge in [0.25, 0.3) is 0 Å². The second kappa shape index (κ2) is 11.6. The van der Waals surface area contributed by atoms with Gasteiger partial charge in [-0.2, -0.15) is 4.99 Å². The molecule has 0 saturated heterocycles. The highest BCUT2D eigenvalue weighted by molar-refractivity contribution is 6.16. The Bertz CT molecular complexity index is 1400. The van der Waals surface area contributed by atoms with Gasteiger partial charge in [0.05, 0.1) is 11.4 Å². The molecule has 0 aliphatic heterocycles. The lowest BCUT2D eigenvalue weighted by molar-refractivity contribution is 0.256. The summed E-state index contributed by atoms with van der Waals surface area (Å²) in [6.45, 7) is 0.558. The molecule has 0 saturated carbocycles. The van der Waals surface area contributed by atoms with Crippen molar-refractivity contribution in [1.82, 2.24) is 0 Å². The molecule has 5 aromatic rings. The van der Waals surface area contributed by atoms with Crippen molar-refractivity contribution in [2.24, 2.45) is 4.99 Å². The van der Waals surface area contributed by atoms with Gasteiger partial charge in [-0.25, -0.2) is 4.79 Å². The lowest BCUT2D eigenvalue weighted by atomic mass is 10.1. The number of hydrogen-bond acceptors (Lipinski definition) is 1. The van der Waals surface area contributed by atoms with Crippen LogP contribution in [-0.2, 0) is 6.54 Å². The monoisotopic (exact) mass is 481 g/mol. The van der Waals surface area contributed by atoms with Crippen LogP contribution in [0, 0.1) is 0 Å². The number of benzene rings is 5.